The van der Waals surface area contributed by atoms with Crippen LogP contribution in [0, 0.1) is 0 Å². The molecule has 0 saturated carbocycles. The molecule has 0 bridgehead atoms. The Morgan fingerprint density at radius 2 is 1.68 bits per heavy atom. The number of carbonyl (C=O) groups is 2. The van der Waals surface area contributed by atoms with E-state index in [1.165, 1.54) is 12.5 Å². The highest BCUT2D eigenvalue weighted by Gasteiger charge is 2.21. The number of hydrogen-bond acceptors (Lipinski definition) is 7. The molecule has 0 spiro atoms. The van der Waals surface area contributed by atoms with E-state index in [2.05, 4.69) is 45.5 Å². The summed E-state index contributed by atoms with van der Waals surface area (Å²) in [6, 6.07) is 8.24. The van der Waals surface area contributed by atoms with Crippen molar-refractivity contribution in [2.75, 3.05) is 6.61 Å². The van der Waals surface area contributed by atoms with Crippen molar-refractivity contribution in [1.82, 2.24) is 0 Å². The molecule has 0 N–H and O–H groups in total. The van der Waals surface area contributed by atoms with Crippen molar-refractivity contribution in [3.8, 4) is 0 Å². The van der Waals surface area contributed by atoms with Crippen molar-refractivity contribution in [1.29, 1.82) is 0 Å². The van der Waals surface area contributed by atoms with Crippen LogP contribution < -0.4 is 0 Å². The summed E-state index contributed by atoms with van der Waals surface area (Å²) >= 11 is 0. The molecule has 0 aliphatic carbocycles. The van der Waals surface area contributed by atoms with Gasteiger partial charge >= 0.3 is 12.1 Å². The Labute approximate surface area is 166 Å². The van der Waals surface area contributed by atoms with Crippen LogP contribution in [0.15, 0.2) is 35.9 Å². The predicted octanol–water partition coefficient (Wildman–Crippen LogP) is 4.96. The Hall–Kier alpha value is -2.38. The number of hydrogen-bond donors (Lipinski definition) is 0. The third-order valence-electron chi connectivity index (χ3n) is 4.10. The fourth-order valence-electron chi connectivity index (χ4n) is 2.55. The molecule has 0 saturated heterocycles. The summed E-state index contributed by atoms with van der Waals surface area (Å²) in [6.45, 7) is 13.5. The topological polar surface area (TPSA) is 80.3 Å². The predicted molar refractivity (Wildman–Crippen MR) is 103 cm³/mol. The number of rotatable bonds is 9. The minimum absolute atomic E-state index is 0.303. The van der Waals surface area contributed by atoms with Crippen molar-refractivity contribution >= 4 is 12.1 Å². The van der Waals surface area contributed by atoms with Crippen LogP contribution in [0.2, 0.25) is 0 Å². The van der Waals surface area contributed by atoms with E-state index < -0.39 is 23.8 Å². The normalized spacial score (nSPS) is 13.2. The molecule has 1 aromatic carbocycles. The lowest BCUT2D eigenvalue weighted by Gasteiger charge is -2.22. The van der Waals surface area contributed by atoms with E-state index in [4.69, 9.17) is 4.74 Å². The van der Waals surface area contributed by atoms with E-state index >= 15 is 0 Å². The summed E-state index contributed by atoms with van der Waals surface area (Å²) in [6.07, 6.45) is -0.222. The van der Waals surface area contributed by atoms with Gasteiger partial charge in [-0.3, -0.25) is 4.89 Å². The Balaban J connectivity index is 2.60. The van der Waals surface area contributed by atoms with Gasteiger partial charge in [0.05, 0.1) is 5.04 Å². The Morgan fingerprint density at radius 1 is 1.07 bits per heavy atom. The van der Waals surface area contributed by atoms with Gasteiger partial charge in [0, 0.05) is 17.6 Å². The Morgan fingerprint density at radius 3 is 2.21 bits per heavy atom. The molecule has 156 valence electrons. The third-order valence-corrected chi connectivity index (χ3v) is 4.10. The van der Waals surface area contributed by atoms with E-state index in [0.29, 0.717) is 18.1 Å². The maximum atomic E-state index is 12.0. The molecule has 0 aliphatic heterocycles. The van der Waals surface area contributed by atoms with E-state index in [1.54, 1.807) is 19.9 Å². The highest BCUT2D eigenvalue weighted by atomic mass is 17.5. The largest absolute Gasteiger partial charge is 0.545 e. The van der Waals surface area contributed by atoms with E-state index in [-0.39, 0.29) is 0 Å². The molecule has 1 aromatic rings. The fraction of sp³-hybridized carbons (Fsp3) is 0.524. The van der Waals surface area contributed by atoms with Crippen LogP contribution in [0.3, 0.4) is 0 Å². The molecule has 0 fully saturated rings. The highest BCUT2D eigenvalue weighted by molar-refractivity contribution is 5.87. The summed E-state index contributed by atoms with van der Waals surface area (Å²) in [4.78, 5) is 32.0. The first-order chi connectivity index (χ1) is 13.1. The summed E-state index contributed by atoms with van der Waals surface area (Å²) in [5, 5.41) is 4.20. The standard InChI is InChI=1S/C21H30O7/c1-8-24-16(5)25-20(23)27-28-26-19(22)15(4)13-21(6,7)18-11-9-17(10-12-18)14(2)3/h9-14,16H,8H2,1-7H3/b15-13-. The molecule has 7 heteroatoms. The minimum atomic E-state index is -1.18. The minimum Gasteiger partial charge on any atom is -0.403 e. The van der Waals surface area contributed by atoms with Crippen LogP contribution >= 0.6 is 0 Å². The first-order valence-corrected chi connectivity index (χ1v) is 9.24. The second-order valence-electron chi connectivity index (χ2n) is 7.24. The van der Waals surface area contributed by atoms with Crippen LogP contribution in [0.25, 0.3) is 0 Å². The van der Waals surface area contributed by atoms with Gasteiger partial charge in [0.2, 0.25) is 6.29 Å². The molecular weight excluding hydrogens is 364 g/mol. The zero-order valence-electron chi connectivity index (χ0n) is 17.6. The molecule has 0 aliphatic rings. The van der Waals surface area contributed by atoms with Gasteiger partial charge in [-0.2, -0.15) is 0 Å². The molecule has 1 unspecified atom stereocenters. The summed E-state index contributed by atoms with van der Waals surface area (Å²) < 4.78 is 9.68. The van der Waals surface area contributed by atoms with Crippen molar-refractivity contribution in [2.45, 2.75) is 66.1 Å². The zero-order chi connectivity index (χ0) is 21.3. The molecule has 0 radical (unpaired) electrons. The molecule has 1 atom stereocenters. The van der Waals surface area contributed by atoms with Gasteiger partial charge in [-0.25, -0.2) is 14.5 Å². The first-order valence-electron chi connectivity index (χ1n) is 9.24. The average molecular weight is 394 g/mol. The quantitative estimate of drug-likeness (QED) is 0.192. The van der Waals surface area contributed by atoms with Crippen molar-refractivity contribution < 1.29 is 33.9 Å². The van der Waals surface area contributed by atoms with Gasteiger partial charge < -0.3 is 9.47 Å². The summed E-state index contributed by atoms with van der Waals surface area (Å²) in [5.41, 5.74) is 2.19. The third kappa shape index (κ3) is 7.70. The smallest absolute Gasteiger partial charge is 0.403 e. The lowest BCUT2D eigenvalue weighted by atomic mass is 9.82. The Kier molecular flexibility index (Phi) is 9.15. The first kappa shape index (κ1) is 23.7. The van der Waals surface area contributed by atoms with Gasteiger partial charge in [-0.1, -0.05) is 58.0 Å². The SMILES string of the molecule is CCOC(C)OC(=O)OOOC(=O)/C(C)=C\C(C)(C)c1ccc(C(C)C)cc1. The van der Waals surface area contributed by atoms with Gasteiger partial charge in [0.1, 0.15) is 0 Å². The second kappa shape index (κ2) is 10.8. The summed E-state index contributed by atoms with van der Waals surface area (Å²) in [5.74, 6) is -0.331. The van der Waals surface area contributed by atoms with Gasteiger partial charge in [-0.15, -0.1) is 0 Å². The fourth-order valence-corrected chi connectivity index (χ4v) is 2.55. The number of carbonyl (C=O) groups excluding carboxylic acids is 2. The van der Waals surface area contributed by atoms with Crippen LogP contribution in [-0.2, 0) is 34.5 Å². The van der Waals surface area contributed by atoms with Crippen molar-refractivity contribution in [2.24, 2.45) is 0 Å². The van der Waals surface area contributed by atoms with Crippen molar-refractivity contribution in [3.05, 3.63) is 47.0 Å². The lowest BCUT2D eigenvalue weighted by molar-refractivity contribution is -0.459. The molecular formula is C21H30O7. The molecule has 0 amide bonds. The molecule has 1 rings (SSSR count). The van der Waals surface area contributed by atoms with Gasteiger partial charge in [0.25, 0.3) is 0 Å². The lowest BCUT2D eigenvalue weighted by Crippen LogP contribution is -2.20. The highest BCUT2D eigenvalue weighted by Crippen LogP contribution is 2.28. The van der Waals surface area contributed by atoms with E-state index in [0.717, 1.165) is 5.56 Å². The second-order valence-corrected chi connectivity index (χ2v) is 7.24. The van der Waals surface area contributed by atoms with Gasteiger partial charge in [0.15, 0.2) is 0 Å². The molecule has 0 heterocycles. The monoisotopic (exact) mass is 394 g/mol. The van der Waals surface area contributed by atoms with Gasteiger partial charge in [-0.05, 0) is 37.8 Å². The summed E-state index contributed by atoms with van der Waals surface area (Å²) in [7, 11) is 0. The molecule has 7 nitrogen and oxygen atoms in total. The van der Waals surface area contributed by atoms with E-state index in [1.807, 2.05) is 26.0 Å². The van der Waals surface area contributed by atoms with Crippen LogP contribution in [0.4, 0.5) is 4.79 Å². The number of benzene rings is 1. The van der Waals surface area contributed by atoms with Crippen molar-refractivity contribution in [3.63, 3.8) is 0 Å². The molecule has 28 heavy (non-hydrogen) atoms. The maximum absolute atomic E-state index is 12.0. The van der Waals surface area contributed by atoms with Crippen LogP contribution in [0.5, 0.6) is 0 Å². The molecule has 0 aromatic heterocycles. The van der Waals surface area contributed by atoms with E-state index in [9.17, 15) is 9.59 Å². The Bertz CT molecular complexity index is 674. The zero-order valence-corrected chi connectivity index (χ0v) is 17.6. The van der Waals surface area contributed by atoms with Crippen LogP contribution in [0.1, 0.15) is 65.5 Å². The number of ether oxygens (including phenoxy) is 2. The average Bonchev–Trinajstić information content (AvgIpc) is 2.61. The van der Waals surface area contributed by atoms with Crippen LogP contribution in [-0.4, -0.2) is 25.0 Å². The maximum Gasteiger partial charge on any atom is 0.545 e. The number of allylic oxidation sites excluding steroid dienone is 1.